The first-order valence-corrected chi connectivity index (χ1v) is 5.30. The van der Waals surface area contributed by atoms with Gasteiger partial charge in [0.15, 0.2) is 0 Å². The van der Waals surface area contributed by atoms with Crippen LogP contribution in [0.4, 0.5) is 0 Å². The molecule has 2 heteroatoms. The first-order valence-electron chi connectivity index (χ1n) is 5.30. The maximum Gasteiger partial charge on any atom is 0.102 e. The number of aliphatic hydroxyl groups excluding tert-OH is 1. The fraction of sp³-hybridized carbons (Fsp3) is 0.500. The molecular weight excluding hydrogens is 174 g/mol. The Bertz CT molecular complexity index is 254. The zero-order valence-corrected chi connectivity index (χ0v) is 9.03. The van der Waals surface area contributed by atoms with E-state index in [1.807, 2.05) is 6.92 Å². The molecule has 1 aromatic rings. The van der Waals surface area contributed by atoms with Gasteiger partial charge in [0.1, 0.15) is 13.1 Å². The van der Waals surface area contributed by atoms with Crippen LogP contribution in [-0.2, 0) is 13.0 Å². The molecule has 0 unspecified atom stereocenters. The molecule has 0 aliphatic rings. The number of benzene rings is 1. The molecular formula is C12H20NO+. The van der Waals surface area contributed by atoms with E-state index in [0.29, 0.717) is 0 Å². The Labute approximate surface area is 86.0 Å². The third kappa shape index (κ3) is 3.90. The maximum absolute atomic E-state index is 9.08. The molecule has 0 saturated carbocycles. The Hall–Kier alpha value is -0.860. The first kappa shape index (κ1) is 11.2. The summed E-state index contributed by atoms with van der Waals surface area (Å²) in [6.07, 6.45) is 0.877. The van der Waals surface area contributed by atoms with Gasteiger partial charge in [0.25, 0.3) is 0 Å². The number of aryl methyl sites for hydroxylation is 1. The highest BCUT2D eigenvalue weighted by molar-refractivity contribution is 5.21. The van der Waals surface area contributed by atoms with Gasteiger partial charge in [-0.15, -0.1) is 0 Å². The molecule has 2 nitrogen and oxygen atoms in total. The van der Waals surface area contributed by atoms with E-state index in [9.17, 15) is 0 Å². The van der Waals surface area contributed by atoms with Gasteiger partial charge in [-0.25, -0.2) is 0 Å². The molecule has 0 heterocycles. The third-order valence-corrected chi connectivity index (χ3v) is 2.32. The van der Waals surface area contributed by atoms with Gasteiger partial charge in [0.2, 0.25) is 0 Å². The van der Waals surface area contributed by atoms with E-state index in [1.54, 1.807) is 0 Å². The van der Waals surface area contributed by atoms with Crippen LogP contribution in [0.5, 0.6) is 0 Å². The summed E-state index contributed by atoms with van der Waals surface area (Å²) in [6.45, 7) is 5.70. The molecule has 0 amide bonds. The maximum atomic E-state index is 9.08. The second-order valence-electron chi connectivity index (χ2n) is 3.75. The fourth-order valence-electron chi connectivity index (χ4n) is 1.40. The van der Waals surface area contributed by atoms with E-state index >= 15 is 0 Å². The van der Waals surface area contributed by atoms with Crippen molar-refractivity contribution in [2.75, 3.05) is 6.54 Å². The van der Waals surface area contributed by atoms with E-state index in [2.05, 4.69) is 36.5 Å². The molecule has 1 aromatic carbocycles. The van der Waals surface area contributed by atoms with Crippen molar-refractivity contribution in [3.63, 3.8) is 0 Å². The molecule has 14 heavy (non-hydrogen) atoms. The van der Waals surface area contributed by atoms with Crippen molar-refractivity contribution in [2.45, 2.75) is 32.9 Å². The average molecular weight is 194 g/mol. The van der Waals surface area contributed by atoms with Crippen LogP contribution < -0.4 is 5.32 Å². The summed E-state index contributed by atoms with van der Waals surface area (Å²) in [5.74, 6) is 0. The molecule has 1 atom stereocenters. The average Bonchev–Trinajstić information content (AvgIpc) is 2.18. The number of quaternary nitrogens is 1. The minimum absolute atomic E-state index is 0.218. The highest BCUT2D eigenvalue weighted by Crippen LogP contribution is 2.03. The van der Waals surface area contributed by atoms with Crippen LogP contribution in [0.3, 0.4) is 0 Å². The van der Waals surface area contributed by atoms with Crippen LogP contribution in [0.1, 0.15) is 25.0 Å². The quantitative estimate of drug-likeness (QED) is 0.711. The molecule has 0 radical (unpaired) electrons. The van der Waals surface area contributed by atoms with E-state index in [1.165, 1.54) is 11.1 Å². The highest BCUT2D eigenvalue weighted by atomic mass is 16.3. The van der Waals surface area contributed by atoms with Crippen LogP contribution in [0, 0.1) is 0 Å². The topological polar surface area (TPSA) is 36.8 Å². The van der Waals surface area contributed by atoms with Crippen molar-refractivity contribution < 1.29 is 10.4 Å². The lowest BCUT2D eigenvalue weighted by atomic mass is 10.1. The standard InChI is InChI=1S/C12H19NO/c1-3-11-4-6-12(7-5-11)9-13-8-10(2)14/h4-7,10,13-14H,3,8-9H2,1-2H3/p+1/t10-/m1/s1. The first-order chi connectivity index (χ1) is 6.72. The van der Waals surface area contributed by atoms with Gasteiger partial charge < -0.3 is 10.4 Å². The second-order valence-corrected chi connectivity index (χ2v) is 3.75. The Balaban J connectivity index is 2.36. The molecule has 78 valence electrons. The number of hydrogen-bond acceptors (Lipinski definition) is 1. The number of aliphatic hydroxyl groups is 1. The summed E-state index contributed by atoms with van der Waals surface area (Å²) in [6, 6.07) is 8.67. The molecule has 0 saturated heterocycles. The van der Waals surface area contributed by atoms with Crippen molar-refractivity contribution in [2.24, 2.45) is 0 Å². The lowest BCUT2D eigenvalue weighted by Gasteiger charge is -2.04. The lowest BCUT2D eigenvalue weighted by Crippen LogP contribution is -2.84. The van der Waals surface area contributed by atoms with Crippen LogP contribution in [0.2, 0.25) is 0 Å². The van der Waals surface area contributed by atoms with Crippen molar-refractivity contribution >= 4 is 0 Å². The fourth-order valence-corrected chi connectivity index (χ4v) is 1.40. The van der Waals surface area contributed by atoms with Gasteiger partial charge in [-0.2, -0.15) is 0 Å². The van der Waals surface area contributed by atoms with Crippen LogP contribution in [0.15, 0.2) is 24.3 Å². The molecule has 0 aliphatic carbocycles. The lowest BCUT2D eigenvalue weighted by molar-refractivity contribution is -0.676. The largest absolute Gasteiger partial charge is 0.388 e. The summed E-state index contributed by atoms with van der Waals surface area (Å²) >= 11 is 0. The van der Waals surface area contributed by atoms with E-state index < -0.39 is 0 Å². The van der Waals surface area contributed by atoms with Crippen LogP contribution >= 0.6 is 0 Å². The van der Waals surface area contributed by atoms with Crippen molar-refractivity contribution in [3.8, 4) is 0 Å². The molecule has 0 spiro atoms. The van der Waals surface area contributed by atoms with Gasteiger partial charge in [0, 0.05) is 5.56 Å². The Morgan fingerprint density at radius 3 is 2.29 bits per heavy atom. The van der Waals surface area contributed by atoms with E-state index in [-0.39, 0.29) is 6.10 Å². The zero-order chi connectivity index (χ0) is 10.4. The summed E-state index contributed by atoms with van der Waals surface area (Å²) in [4.78, 5) is 0. The third-order valence-electron chi connectivity index (χ3n) is 2.32. The molecule has 1 rings (SSSR count). The van der Waals surface area contributed by atoms with Crippen LogP contribution in [-0.4, -0.2) is 17.8 Å². The summed E-state index contributed by atoms with van der Waals surface area (Å²) in [5, 5.41) is 11.2. The van der Waals surface area contributed by atoms with Gasteiger partial charge in [-0.1, -0.05) is 31.2 Å². The van der Waals surface area contributed by atoms with Gasteiger partial charge in [-0.05, 0) is 18.9 Å². The molecule has 0 bridgehead atoms. The molecule has 0 fully saturated rings. The highest BCUT2D eigenvalue weighted by Gasteiger charge is 1.99. The molecule has 0 aromatic heterocycles. The van der Waals surface area contributed by atoms with Gasteiger partial charge in [0.05, 0.1) is 6.10 Å². The number of nitrogens with two attached hydrogens (primary N) is 1. The SMILES string of the molecule is CCc1ccc(C[NH2+]C[C@@H](C)O)cc1. The summed E-state index contributed by atoms with van der Waals surface area (Å²) in [5.41, 5.74) is 2.70. The minimum atomic E-state index is -0.218. The minimum Gasteiger partial charge on any atom is -0.388 e. The van der Waals surface area contributed by atoms with Crippen molar-refractivity contribution in [3.05, 3.63) is 35.4 Å². The molecule has 0 aliphatic heterocycles. The Morgan fingerprint density at radius 1 is 1.21 bits per heavy atom. The van der Waals surface area contributed by atoms with Gasteiger partial charge in [-0.3, -0.25) is 0 Å². The predicted octanol–water partition coefficient (Wildman–Crippen LogP) is 0.693. The monoisotopic (exact) mass is 194 g/mol. The normalized spacial score (nSPS) is 12.8. The second kappa shape index (κ2) is 5.78. The van der Waals surface area contributed by atoms with E-state index in [4.69, 9.17) is 5.11 Å². The number of rotatable bonds is 5. The predicted molar refractivity (Wildman–Crippen MR) is 58.0 cm³/mol. The van der Waals surface area contributed by atoms with Crippen LogP contribution in [0.25, 0.3) is 0 Å². The number of hydrogen-bond donors (Lipinski definition) is 2. The van der Waals surface area contributed by atoms with E-state index in [0.717, 1.165) is 19.5 Å². The van der Waals surface area contributed by atoms with Crippen molar-refractivity contribution in [1.29, 1.82) is 0 Å². The van der Waals surface area contributed by atoms with Crippen molar-refractivity contribution in [1.82, 2.24) is 0 Å². The molecule has 3 N–H and O–H groups in total. The Morgan fingerprint density at radius 2 is 1.79 bits per heavy atom. The summed E-state index contributed by atoms with van der Waals surface area (Å²) in [7, 11) is 0. The zero-order valence-electron chi connectivity index (χ0n) is 9.03. The Kier molecular flexibility index (Phi) is 4.63. The van der Waals surface area contributed by atoms with Gasteiger partial charge >= 0.3 is 0 Å². The smallest absolute Gasteiger partial charge is 0.102 e. The summed E-state index contributed by atoms with van der Waals surface area (Å²) < 4.78 is 0.